The number of nitrogens with zero attached hydrogens (tertiary/aromatic N) is 1. The summed E-state index contributed by atoms with van der Waals surface area (Å²) in [5, 5.41) is 11.7. The number of aliphatic hydroxyl groups excluding tert-OH is 1. The highest BCUT2D eigenvalue weighted by Crippen LogP contribution is 2.44. The number of nitrogens with one attached hydrogen (secondary N) is 1. The third kappa shape index (κ3) is 3.41. The number of aliphatic hydroxyl groups is 1. The molecule has 0 aliphatic heterocycles. The van der Waals surface area contributed by atoms with E-state index in [-0.39, 0.29) is 18.4 Å². The fraction of sp³-hybridized carbons (Fsp3) is 0.300. The van der Waals surface area contributed by atoms with Crippen molar-refractivity contribution in [2.45, 2.75) is 12.0 Å². The summed E-state index contributed by atoms with van der Waals surface area (Å²) in [5.74, 6) is -0.439. The minimum atomic E-state index is -1.01. The average Bonchev–Trinajstić information content (AvgIpc) is 2.98. The summed E-state index contributed by atoms with van der Waals surface area (Å²) in [4.78, 5) is 25.3. The standard InChI is InChI=1S/C20H22N2O4/c1-22(2)19(24)18(11-23)21-20(25)26-12-17-15-9-5-3-7-13(15)14-8-4-6-10-16(14)17/h3-10,17-18,23H,11-12H2,1-2H3,(H,21,25)/t18-/m0/s1. The summed E-state index contributed by atoms with van der Waals surface area (Å²) in [5.41, 5.74) is 4.52. The lowest BCUT2D eigenvalue weighted by molar-refractivity contribution is -0.131. The molecule has 6 heteroatoms. The Morgan fingerprint density at radius 1 is 1.08 bits per heavy atom. The molecule has 26 heavy (non-hydrogen) atoms. The molecule has 0 unspecified atom stereocenters. The Balaban J connectivity index is 1.70. The van der Waals surface area contributed by atoms with Crippen LogP contribution in [-0.4, -0.2) is 55.4 Å². The van der Waals surface area contributed by atoms with Crippen LogP contribution in [0.2, 0.25) is 0 Å². The molecule has 0 bridgehead atoms. The summed E-state index contributed by atoms with van der Waals surface area (Å²) >= 11 is 0. The molecule has 0 aromatic heterocycles. The van der Waals surface area contributed by atoms with Crippen molar-refractivity contribution in [3.05, 3.63) is 59.7 Å². The van der Waals surface area contributed by atoms with E-state index < -0.39 is 18.7 Å². The lowest BCUT2D eigenvalue weighted by Gasteiger charge is -2.20. The van der Waals surface area contributed by atoms with Gasteiger partial charge in [0.1, 0.15) is 12.6 Å². The Kier molecular flexibility index (Phi) is 5.23. The number of amides is 2. The highest BCUT2D eigenvalue weighted by Gasteiger charge is 2.29. The number of benzene rings is 2. The molecule has 0 saturated carbocycles. The maximum Gasteiger partial charge on any atom is 0.407 e. The number of likely N-dealkylation sites (N-methyl/N-ethyl adjacent to an activating group) is 1. The second-order valence-corrected chi connectivity index (χ2v) is 6.44. The molecular weight excluding hydrogens is 332 g/mol. The molecule has 1 aliphatic carbocycles. The summed E-state index contributed by atoms with van der Waals surface area (Å²) < 4.78 is 5.37. The highest BCUT2D eigenvalue weighted by molar-refractivity contribution is 5.85. The maximum absolute atomic E-state index is 12.1. The molecule has 0 heterocycles. The number of hydrogen-bond acceptors (Lipinski definition) is 4. The van der Waals surface area contributed by atoms with E-state index >= 15 is 0 Å². The lowest BCUT2D eigenvalue weighted by Crippen LogP contribution is -2.48. The smallest absolute Gasteiger partial charge is 0.407 e. The van der Waals surface area contributed by atoms with Gasteiger partial charge in [-0.15, -0.1) is 0 Å². The highest BCUT2D eigenvalue weighted by atomic mass is 16.5. The molecule has 0 saturated heterocycles. The van der Waals surface area contributed by atoms with Crippen LogP contribution in [0.15, 0.2) is 48.5 Å². The summed E-state index contributed by atoms with van der Waals surface area (Å²) in [6.45, 7) is -0.324. The predicted molar refractivity (Wildman–Crippen MR) is 97.8 cm³/mol. The van der Waals surface area contributed by atoms with Gasteiger partial charge in [0.25, 0.3) is 0 Å². The van der Waals surface area contributed by atoms with Crippen LogP contribution in [0.1, 0.15) is 17.0 Å². The molecular formula is C20H22N2O4. The monoisotopic (exact) mass is 354 g/mol. The fourth-order valence-corrected chi connectivity index (χ4v) is 3.28. The van der Waals surface area contributed by atoms with Gasteiger partial charge in [-0.25, -0.2) is 4.79 Å². The van der Waals surface area contributed by atoms with Crippen LogP contribution < -0.4 is 5.32 Å². The Morgan fingerprint density at radius 3 is 2.12 bits per heavy atom. The number of carbonyl (C=O) groups excluding carboxylic acids is 2. The lowest BCUT2D eigenvalue weighted by atomic mass is 9.98. The Morgan fingerprint density at radius 2 is 1.62 bits per heavy atom. The number of hydrogen-bond donors (Lipinski definition) is 2. The van der Waals surface area contributed by atoms with Gasteiger partial charge in [0.2, 0.25) is 5.91 Å². The van der Waals surface area contributed by atoms with Crippen molar-refractivity contribution in [3.63, 3.8) is 0 Å². The van der Waals surface area contributed by atoms with Crippen LogP contribution in [0.25, 0.3) is 11.1 Å². The largest absolute Gasteiger partial charge is 0.449 e. The first-order valence-electron chi connectivity index (χ1n) is 8.46. The zero-order valence-corrected chi connectivity index (χ0v) is 14.8. The third-order valence-electron chi connectivity index (χ3n) is 4.56. The summed E-state index contributed by atoms with van der Waals surface area (Å²) in [7, 11) is 3.12. The van der Waals surface area contributed by atoms with Gasteiger partial charge in [-0.05, 0) is 22.3 Å². The van der Waals surface area contributed by atoms with Crippen molar-refractivity contribution in [1.82, 2.24) is 10.2 Å². The second-order valence-electron chi connectivity index (χ2n) is 6.44. The van der Waals surface area contributed by atoms with Gasteiger partial charge in [-0.1, -0.05) is 48.5 Å². The molecule has 0 spiro atoms. The van der Waals surface area contributed by atoms with E-state index in [2.05, 4.69) is 17.4 Å². The maximum atomic E-state index is 12.1. The van der Waals surface area contributed by atoms with Gasteiger partial charge in [-0.3, -0.25) is 4.79 Å². The molecule has 2 N–H and O–H groups in total. The first-order valence-corrected chi connectivity index (χ1v) is 8.46. The average molecular weight is 354 g/mol. The molecule has 2 amide bonds. The SMILES string of the molecule is CN(C)C(=O)[C@H](CO)NC(=O)OCC1c2ccccc2-c2ccccc21. The van der Waals surface area contributed by atoms with Gasteiger partial charge >= 0.3 is 6.09 Å². The van der Waals surface area contributed by atoms with Gasteiger partial charge in [0.05, 0.1) is 6.61 Å². The predicted octanol–water partition coefficient (Wildman–Crippen LogP) is 1.97. The van der Waals surface area contributed by atoms with Crippen molar-refractivity contribution < 1.29 is 19.4 Å². The van der Waals surface area contributed by atoms with Gasteiger partial charge in [-0.2, -0.15) is 0 Å². The zero-order valence-electron chi connectivity index (χ0n) is 14.8. The van der Waals surface area contributed by atoms with Crippen molar-refractivity contribution in [1.29, 1.82) is 0 Å². The van der Waals surface area contributed by atoms with Crippen LogP contribution in [-0.2, 0) is 9.53 Å². The third-order valence-corrected chi connectivity index (χ3v) is 4.56. The normalized spacial score (nSPS) is 13.5. The number of rotatable bonds is 5. The molecule has 2 aromatic rings. The Bertz CT molecular complexity index is 773. The first-order chi connectivity index (χ1) is 12.5. The molecule has 0 fully saturated rings. The van der Waals surface area contributed by atoms with Crippen LogP contribution in [0.5, 0.6) is 0 Å². The quantitative estimate of drug-likeness (QED) is 0.860. The minimum absolute atomic E-state index is 0.0507. The number of fused-ring (bicyclic) bond motifs is 3. The van der Waals surface area contributed by atoms with Gasteiger partial charge < -0.3 is 20.1 Å². The summed E-state index contributed by atoms with van der Waals surface area (Å²) in [6, 6.07) is 15.1. The Labute approximate surface area is 152 Å². The minimum Gasteiger partial charge on any atom is -0.449 e. The van der Waals surface area contributed by atoms with Gasteiger partial charge in [0.15, 0.2) is 0 Å². The number of carbonyl (C=O) groups is 2. The molecule has 136 valence electrons. The summed E-state index contributed by atoms with van der Waals surface area (Å²) in [6.07, 6.45) is -0.721. The van der Waals surface area contributed by atoms with Crippen molar-refractivity contribution in [2.24, 2.45) is 0 Å². The van der Waals surface area contributed by atoms with Crippen molar-refractivity contribution in [2.75, 3.05) is 27.3 Å². The zero-order chi connectivity index (χ0) is 18.7. The van der Waals surface area contributed by atoms with E-state index in [9.17, 15) is 14.7 Å². The van der Waals surface area contributed by atoms with Gasteiger partial charge in [0, 0.05) is 20.0 Å². The van der Waals surface area contributed by atoms with E-state index in [1.165, 1.54) is 4.90 Å². The number of ether oxygens (including phenoxy) is 1. The Hall–Kier alpha value is -2.86. The molecule has 6 nitrogen and oxygen atoms in total. The topological polar surface area (TPSA) is 78.9 Å². The van der Waals surface area contributed by atoms with E-state index in [0.717, 1.165) is 22.3 Å². The van der Waals surface area contributed by atoms with E-state index in [1.54, 1.807) is 14.1 Å². The van der Waals surface area contributed by atoms with Crippen LogP contribution in [0.4, 0.5) is 4.79 Å². The van der Waals surface area contributed by atoms with E-state index in [4.69, 9.17) is 4.74 Å². The van der Waals surface area contributed by atoms with E-state index in [0.29, 0.717) is 0 Å². The van der Waals surface area contributed by atoms with Crippen molar-refractivity contribution >= 4 is 12.0 Å². The van der Waals surface area contributed by atoms with Crippen LogP contribution in [0.3, 0.4) is 0 Å². The van der Waals surface area contributed by atoms with Crippen LogP contribution in [0, 0.1) is 0 Å². The van der Waals surface area contributed by atoms with E-state index in [1.807, 2.05) is 36.4 Å². The molecule has 3 rings (SSSR count). The molecule has 0 radical (unpaired) electrons. The molecule has 1 atom stereocenters. The molecule has 2 aromatic carbocycles. The first kappa shape index (κ1) is 17.9. The van der Waals surface area contributed by atoms with Crippen molar-refractivity contribution in [3.8, 4) is 11.1 Å². The fourth-order valence-electron chi connectivity index (χ4n) is 3.28. The second kappa shape index (κ2) is 7.58. The molecule has 1 aliphatic rings. The number of alkyl carbamates (subject to hydrolysis) is 1. The van der Waals surface area contributed by atoms with Crippen LogP contribution >= 0.6 is 0 Å².